The Labute approximate surface area is 112 Å². The van der Waals surface area contributed by atoms with Crippen molar-refractivity contribution in [1.29, 1.82) is 0 Å². The largest absolute Gasteiger partial charge is 0.353 e. The maximum Gasteiger partial charge on any atom is 0.245 e. The number of hydrogen-bond donors (Lipinski definition) is 2. The molecule has 106 valence electrons. The van der Waals surface area contributed by atoms with Crippen LogP contribution in [0.2, 0.25) is 0 Å². The minimum absolute atomic E-state index is 0.00229. The first-order chi connectivity index (χ1) is 9.22. The van der Waals surface area contributed by atoms with Crippen molar-refractivity contribution in [1.82, 2.24) is 25.7 Å². The topological polar surface area (TPSA) is 83.3 Å². The van der Waals surface area contributed by atoms with Crippen LogP contribution in [0.4, 0.5) is 0 Å². The highest BCUT2D eigenvalue weighted by Gasteiger charge is 2.23. The van der Waals surface area contributed by atoms with Gasteiger partial charge < -0.3 is 14.7 Å². The van der Waals surface area contributed by atoms with Gasteiger partial charge in [-0.25, -0.2) is 0 Å². The molecule has 2 heterocycles. The molecule has 2 N–H and O–H groups in total. The quantitative estimate of drug-likeness (QED) is 0.737. The molecule has 0 aromatic carbocycles. The van der Waals surface area contributed by atoms with Gasteiger partial charge in [-0.3, -0.25) is 10.1 Å². The van der Waals surface area contributed by atoms with Crippen LogP contribution >= 0.6 is 0 Å². The van der Waals surface area contributed by atoms with E-state index in [-0.39, 0.29) is 11.9 Å². The average Bonchev–Trinajstić information content (AvgIpc) is 2.89. The second kappa shape index (κ2) is 6.63. The lowest BCUT2D eigenvalue weighted by Gasteiger charge is -2.20. The normalized spacial score (nSPS) is 19.7. The summed E-state index contributed by atoms with van der Waals surface area (Å²) in [6, 6.07) is -0.0765. The maximum atomic E-state index is 11.0. The molecule has 1 aliphatic heterocycles. The molecular weight excluding hydrogens is 246 g/mol. The van der Waals surface area contributed by atoms with E-state index in [2.05, 4.69) is 39.5 Å². The molecule has 1 aliphatic rings. The van der Waals surface area contributed by atoms with Gasteiger partial charge in [0.15, 0.2) is 5.82 Å². The molecule has 7 heteroatoms. The van der Waals surface area contributed by atoms with Crippen molar-refractivity contribution in [3.8, 4) is 0 Å². The Balaban J connectivity index is 1.86. The van der Waals surface area contributed by atoms with Gasteiger partial charge in [0, 0.05) is 19.5 Å². The summed E-state index contributed by atoms with van der Waals surface area (Å²) < 4.78 is 5.25. The number of likely N-dealkylation sites (N-methyl/N-ethyl adjacent to an activating group) is 1. The number of hydrogen-bond acceptors (Lipinski definition) is 6. The SMILES string of the molecule is CCN(CC)CCc1noc(C2CNC(=O)CN2)n1. The van der Waals surface area contributed by atoms with E-state index in [1.54, 1.807) is 0 Å². The van der Waals surface area contributed by atoms with Crippen LogP contribution in [-0.4, -0.2) is 53.7 Å². The van der Waals surface area contributed by atoms with Crippen LogP contribution in [0.25, 0.3) is 0 Å². The zero-order chi connectivity index (χ0) is 13.7. The van der Waals surface area contributed by atoms with Gasteiger partial charge in [0.25, 0.3) is 0 Å². The van der Waals surface area contributed by atoms with Crippen molar-refractivity contribution in [2.45, 2.75) is 26.3 Å². The summed E-state index contributed by atoms with van der Waals surface area (Å²) in [6.07, 6.45) is 0.782. The highest BCUT2D eigenvalue weighted by atomic mass is 16.5. The molecule has 0 spiro atoms. The summed E-state index contributed by atoms with van der Waals surface area (Å²) in [5.41, 5.74) is 0. The van der Waals surface area contributed by atoms with Gasteiger partial charge in [0.2, 0.25) is 11.8 Å². The monoisotopic (exact) mass is 267 g/mol. The predicted molar refractivity (Wildman–Crippen MR) is 69.5 cm³/mol. The first-order valence-electron chi connectivity index (χ1n) is 6.77. The van der Waals surface area contributed by atoms with Gasteiger partial charge in [0.05, 0.1) is 6.54 Å². The van der Waals surface area contributed by atoms with Crippen molar-refractivity contribution in [3.05, 3.63) is 11.7 Å². The Hall–Kier alpha value is -1.47. The zero-order valence-corrected chi connectivity index (χ0v) is 11.5. The molecule has 0 bridgehead atoms. The van der Waals surface area contributed by atoms with E-state index < -0.39 is 0 Å². The molecule has 1 aromatic rings. The molecule has 1 aromatic heterocycles. The minimum atomic E-state index is -0.0765. The smallest absolute Gasteiger partial charge is 0.245 e. The zero-order valence-electron chi connectivity index (χ0n) is 11.5. The van der Waals surface area contributed by atoms with Crippen LogP contribution in [0.5, 0.6) is 0 Å². The number of nitrogens with one attached hydrogen (secondary N) is 2. The van der Waals surface area contributed by atoms with E-state index >= 15 is 0 Å². The molecular formula is C12H21N5O2. The fraction of sp³-hybridized carbons (Fsp3) is 0.750. The molecule has 1 amide bonds. The minimum Gasteiger partial charge on any atom is -0.353 e. The Morgan fingerprint density at radius 2 is 2.21 bits per heavy atom. The Morgan fingerprint density at radius 3 is 2.84 bits per heavy atom. The van der Waals surface area contributed by atoms with Crippen molar-refractivity contribution < 1.29 is 9.32 Å². The van der Waals surface area contributed by atoms with Crippen molar-refractivity contribution in [2.24, 2.45) is 0 Å². The number of carbonyl (C=O) groups excluding carboxylic acids is 1. The fourth-order valence-electron chi connectivity index (χ4n) is 2.05. The van der Waals surface area contributed by atoms with Crippen LogP contribution in [-0.2, 0) is 11.2 Å². The summed E-state index contributed by atoms with van der Waals surface area (Å²) in [7, 11) is 0. The Bertz CT molecular complexity index is 406. The molecule has 0 saturated carbocycles. The second-order valence-corrected chi connectivity index (χ2v) is 4.56. The lowest BCUT2D eigenvalue weighted by molar-refractivity contribution is -0.121. The first-order valence-corrected chi connectivity index (χ1v) is 6.77. The van der Waals surface area contributed by atoms with E-state index in [9.17, 15) is 4.79 Å². The number of nitrogens with zero attached hydrogens (tertiary/aromatic N) is 3. The highest BCUT2D eigenvalue weighted by Crippen LogP contribution is 2.11. The summed E-state index contributed by atoms with van der Waals surface area (Å²) in [6.45, 7) is 8.05. The fourth-order valence-corrected chi connectivity index (χ4v) is 2.05. The van der Waals surface area contributed by atoms with Crippen LogP contribution in [0.15, 0.2) is 4.52 Å². The summed E-state index contributed by atoms with van der Waals surface area (Å²) in [5, 5.41) is 9.82. The predicted octanol–water partition coefficient (Wildman–Crippen LogP) is -0.286. The van der Waals surface area contributed by atoms with E-state index in [0.29, 0.717) is 19.0 Å². The molecule has 1 atom stereocenters. The van der Waals surface area contributed by atoms with E-state index in [0.717, 1.165) is 31.9 Å². The average molecular weight is 267 g/mol. The number of piperazine rings is 1. The molecule has 1 saturated heterocycles. The molecule has 0 aliphatic carbocycles. The van der Waals surface area contributed by atoms with Crippen molar-refractivity contribution in [2.75, 3.05) is 32.7 Å². The van der Waals surface area contributed by atoms with Gasteiger partial charge >= 0.3 is 0 Å². The van der Waals surface area contributed by atoms with Gasteiger partial charge in [-0.1, -0.05) is 19.0 Å². The van der Waals surface area contributed by atoms with Gasteiger partial charge in [-0.15, -0.1) is 0 Å². The number of amides is 1. The molecule has 1 fully saturated rings. The third kappa shape index (κ3) is 3.74. The van der Waals surface area contributed by atoms with Gasteiger partial charge in [0.1, 0.15) is 6.04 Å². The maximum absolute atomic E-state index is 11.0. The molecule has 19 heavy (non-hydrogen) atoms. The summed E-state index contributed by atoms with van der Waals surface area (Å²) >= 11 is 0. The Kier molecular flexibility index (Phi) is 4.86. The lowest BCUT2D eigenvalue weighted by Crippen LogP contribution is -2.47. The molecule has 7 nitrogen and oxygen atoms in total. The third-order valence-electron chi connectivity index (χ3n) is 3.34. The van der Waals surface area contributed by atoms with Gasteiger partial charge in [-0.05, 0) is 13.1 Å². The van der Waals surface area contributed by atoms with Crippen LogP contribution in [0, 0.1) is 0 Å². The van der Waals surface area contributed by atoms with E-state index in [4.69, 9.17) is 4.52 Å². The van der Waals surface area contributed by atoms with E-state index in [1.807, 2.05) is 0 Å². The van der Waals surface area contributed by atoms with Crippen LogP contribution in [0.3, 0.4) is 0 Å². The Morgan fingerprint density at radius 1 is 1.42 bits per heavy atom. The molecule has 0 radical (unpaired) electrons. The highest BCUT2D eigenvalue weighted by molar-refractivity contribution is 5.78. The number of rotatable bonds is 6. The first kappa shape index (κ1) is 14.0. The van der Waals surface area contributed by atoms with Crippen LogP contribution < -0.4 is 10.6 Å². The van der Waals surface area contributed by atoms with Crippen LogP contribution in [0.1, 0.15) is 31.6 Å². The van der Waals surface area contributed by atoms with Crippen molar-refractivity contribution >= 4 is 5.91 Å². The summed E-state index contributed by atoms with van der Waals surface area (Å²) in [4.78, 5) is 17.7. The van der Waals surface area contributed by atoms with Crippen molar-refractivity contribution in [3.63, 3.8) is 0 Å². The lowest BCUT2D eigenvalue weighted by atomic mass is 10.2. The second-order valence-electron chi connectivity index (χ2n) is 4.56. The summed E-state index contributed by atoms with van der Waals surface area (Å²) in [5.74, 6) is 1.27. The number of aromatic nitrogens is 2. The third-order valence-corrected chi connectivity index (χ3v) is 3.34. The standard InChI is InChI=1S/C12H21N5O2/c1-3-17(4-2)6-5-10-15-12(19-16-10)9-7-14-11(18)8-13-9/h9,13H,3-8H2,1-2H3,(H,14,18). The van der Waals surface area contributed by atoms with Gasteiger partial charge in [-0.2, -0.15) is 4.98 Å². The molecule has 2 rings (SSSR count). The number of carbonyl (C=O) groups is 1. The van der Waals surface area contributed by atoms with E-state index in [1.165, 1.54) is 0 Å². The molecule has 1 unspecified atom stereocenters.